The highest BCUT2D eigenvalue weighted by atomic mass is 35.5. The van der Waals surface area contributed by atoms with Gasteiger partial charge in [-0.15, -0.1) is 11.3 Å². The fraction of sp³-hybridized carbons (Fsp3) is 0.0588. The van der Waals surface area contributed by atoms with Gasteiger partial charge in [0.15, 0.2) is 10.3 Å². The maximum absolute atomic E-state index is 12.8. The topological polar surface area (TPSA) is 42.0 Å². The number of anilines is 1. The number of halogens is 3. The van der Waals surface area contributed by atoms with E-state index < -0.39 is 0 Å². The van der Waals surface area contributed by atoms with E-state index in [1.807, 2.05) is 0 Å². The summed E-state index contributed by atoms with van der Waals surface area (Å²) in [5.74, 6) is -0.187. The number of hydrogen-bond donors (Lipinski definition) is 1. The lowest BCUT2D eigenvalue weighted by atomic mass is 10.0. The summed E-state index contributed by atoms with van der Waals surface area (Å²) in [7, 11) is 0. The molecule has 122 valence electrons. The van der Waals surface area contributed by atoms with E-state index in [-0.39, 0.29) is 5.78 Å². The van der Waals surface area contributed by atoms with Crippen molar-refractivity contribution >= 4 is 57.6 Å². The number of carbonyl (C=O) groups is 1. The third-order valence-electron chi connectivity index (χ3n) is 3.32. The maximum Gasteiger partial charge on any atom is 0.196 e. The van der Waals surface area contributed by atoms with E-state index in [0.29, 0.717) is 37.9 Å². The minimum absolute atomic E-state index is 0.187. The number of aromatic nitrogens is 1. The summed E-state index contributed by atoms with van der Waals surface area (Å²) < 4.78 is 0.482. The first-order valence-corrected chi connectivity index (χ1v) is 8.92. The SMILES string of the molecule is O=C(c1ccccc1Cl)c1cc(Cl)ccc1NCc1cnc(Cl)s1. The van der Waals surface area contributed by atoms with E-state index >= 15 is 0 Å². The molecule has 7 heteroatoms. The van der Waals surface area contributed by atoms with Crippen molar-refractivity contribution in [2.24, 2.45) is 0 Å². The van der Waals surface area contributed by atoms with Crippen molar-refractivity contribution in [3.63, 3.8) is 0 Å². The van der Waals surface area contributed by atoms with Crippen LogP contribution in [0.3, 0.4) is 0 Å². The highest BCUT2D eigenvalue weighted by Crippen LogP contribution is 2.27. The Hall–Kier alpha value is -1.59. The summed E-state index contributed by atoms with van der Waals surface area (Å²) in [5.41, 5.74) is 1.57. The van der Waals surface area contributed by atoms with E-state index in [2.05, 4.69) is 10.3 Å². The molecule has 0 aliphatic carbocycles. The second-order valence-corrected chi connectivity index (χ2v) is 7.47. The van der Waals surface area contributed by atoms with Gasteiger partial charge in [-0.05, 0) is 30.3 Å². The van der Waals surface area contributed by atoms with Gasteiger partial charge in [-0.25, -0.2) is 4.98 Å². The molecule has 1 N–H and O–H groups in total. The Labute approximate surface area is 158 Å². The summed E-state index contributed by atoms with van der Waals surface area (Å²) in [6, 6.07) is 12.1. The molecular weight excluding hydrogens is 387 g/mol. The zero-order valence-corrected chi connectivity index (χ0v) is 15.3. The van der Waals surface area contributed by atoms with E-state index in [1.165, 1.54) is 11.3 Å². The van der Waals surface area contributed by atoms with Crippen molar-refractivity contribution in [1.29, 1.82) is 0 Å². The quantitative estimate of drug-likeness (QED) is 0.541. The van der Waals surface area contributed by atoms with E-state index in [1.54, 1.807) is 48.7 Å². The van der Waals surface area contributed by atoms with Crippen LogP contribution < -0.4 is 5.32 Å². The summed E-state index contributed by atoms with van der Waals surface area (Å²) in [5, 5.41) is 4.12. The normalized spacial score (nSPS) is 10.6. The number of benzene rings is 2. The van der Waals surface area contributed by atoms with Crippen molar-refractivity contribution in [2.75, 3.05) is 5.32 Å². The van der Waals surface area contributed by atoms with Gasteiger partial charge in [0, 0.05) is 32.9 Å². The monoisotopic (exact) mass is 396 g/mol. The van der Waals surface area contributed by atoms with Crippen LogP contribution in [-0.4, -0.2) is 10.8 Å². The van der Waals surface area contributed by atoms with E-state index in [0.717, 1.165) is 4.88 Å². The fourth-order valence-corrected chi connectivity index (χ4v) is 3.51. The first-order valence-electron chi connectivity index (χ1n) is 6.97. The van der Waals surface area contributed by atoms with Crippen LogP contribution in [0.1, 0.15) is 20.8 Å². The molecule has 0 saturated heterocycles. The minimum Gasteiger partial charge on any atom is -0.379 e. The molecule has 0 unspecified atom stereocenters. The molecule has 3 rings (SSSR count). The van der Waals surface area contributed by atoms with Crippen molar-refractivity contribution in [3.8, 4) is 0 Å². The summed E-state index contributed by atoms with van der Waals surface area (Å²) >= 11 is 19.4. The molecule has 1 heterocycles. The van der Waals surface area contributed by atoms with Gasteiger partial charge < -0.3 is 5.32 Å². The van der Waals surface area contributed by atoms with Crippen LogP contribution in [0.15, 0.2) is 48.7 Å². The molecule has 0 saturated carbocycles. The molecule has 3 nitrogen and oxygen atoms in total. The average molecular weight is 398 g/mol. The van der Waals surface area contributed by atoms with Crippen LogP contribution in [0.4, 0.5) is 5.69 Å². The second-order valence-electron chi connectivity index (χ2n) is 4.93. The van der Waals surface area contributed by atoms with Crippen LogP contribution in [0, 0.1) is 0 Å². The van der Waals surface area contributed by atoms with Gasteiger partial charge >= 0.3 is 0 Å². The Morgan fingerprint density at radius 3 is 2.58 bits per heavy atom. The van der Waals surface area contributed by atoms with Gasteiger partial charge in [0.05, 0.1) is 11.6 Å². The molecule has 0 amide bonds. The van der Waals surface area contributed by atoms with Gasteiger partial charge in [-0.1, -0.05) is 46.9 Å². The van der Waals surface area contributed by atoms with Crippen molar-refractivity contribution in [2.45, 2.75) is 6.54 Å². The third-order valence-corrected chi connectivity index (χ3v) is 5.00. The minimum atomic E-state index is -0.187. The molecule has 0 atom stereocenters. The molecule has 0 radical (unpaired) electrons. The Bertz CT molecular complexity index is 895. The number of ketones is 1. The van der Waals surface area contributed by atoms with Crippen LogP contribution in [0.2, 0.25) is 14.5 Å². The summed E-state index contributed by atoms with van der Waals surface area (Å²) in [6.07, 6.45) is 1.70. The number of rotatable bonds is 5. The fourth-order valence-electron chi connectivity index (χ4n) is 2.20. The Kier molecular flexibility index (Phi) is 5.41. The maximum atomic E-state index is 12.8. The lowest BCUT2D eigenvalue weighted by Gasteiger charge is -2.12. The predicted octanol–water partition coefficient (Wildman–Crippen LogP) is 5.95. The van der Waals surface area contributed by atoms with Gasteiger partial charge in [0.25, 0.3) is 0 Å². The zero-order valence-electron chi connectivity index (χ0n) is 12.2. The molecule has 3 aromatic rings. The summed E-state index contributed by atoms with van der Waals surface area (Å²) in [4.78, 5) is 17.8. The molecule has 0 aliphatic heterocycles. The van der Waals surface area contributed by atoms with Crippen LogP contribution >= 0.6 is 46.1 Å². The van der Waals surface area contributed by atoms with Gasteiger partial charge in [0.2, 0.25) is 0 Å². The average Bonchev–Trinajstić information content (AvgIpc) is 2.99. The smallest absolute Gasteiger partial charge is 0.196 e. The Balaban J connectivity index is 1.91. The van der Waals surface area contributed by atoms with E-state index in [9.17, 15) is 4.79 Å². The highest BCUT2D eigenvalue weighted by molar-refractivity contribution is 7.15. The van der Waals surface area contributed by atoms with Crippen LogP contribution in [-0.2, 0) is 6.54 Å². The molecular formula is C17H11Cl3N2OS. The number of carbonyl (C=O) groups excluding carboxylic acids is 1. The predicted molar refractivity (Wildman–Crippen MR) is 101 cm³/mol. The van der Waals surface area contributed by atoms with E-state index in [4.69, 9.17) is 34.8 Å². The second kappa shape index (κ2) is 7.53. The molecule has 0 bridgehead atoms. The number of hydrogen-bond acceptors (Lipinski definition) is 4. The number of nitrogens with one attached hydrogen (secondary N) is 1. The molecule has 1 aromatic heterocycles. The van der Waals surface area contributed by atoms with Gasteiger partial charge in [-0.2, -0.15) is 0 Å². The zero-order chi connectivity index (χ0) is 17.1. The lowest BCUT2D eigenvalue weighted by molar-refractivity contribution is 0.103. The first-order chi connectivity index (χ1) is 11.5. The van der Waals surface area contributed by atoms with Gasteiger partial charge in [-0.3, -0.25) is 4.79 Å². The number of nitrogens with zero attached hydrogens (tertiary/aromatic N) is 1. The van der Waals surface area contributed by atoms with Crippen LogP contribution in [0.25, 0.3) is 0 Å². The molecule has 0 aliphatic rings. The van der Waals surface area contributed by atoms with Crippen molar-refractivity contribution in [1.82, 2.24) is 4.98 Å². The third kappa shape index (κ3) is 3.90. The number of thiazole rings is 1. The highest BCUT2D eigenvalue weighted by Gasteiger charge is 2.17. The van der Waals surface area contributed by atoms with Gasteiger partial charge in [0.1, 0.15) is 0 Å². The molecule has 2 aromatic carbocycles. The first kappa shape index (κ1) is 17.2. The molecule has 24 heavy (non-hydrogen) atoms. The summed E-state index contributed by atoms with van der Waals surface area (Å²) in [6.45, 7) is 0.509. The standard InChI is InChI=1S/C17H11Cl3N2OS/c18-10-5-6-15(21-8-11-9-22-17(20)24-11)13(7-10)16(23)12-3-1-2-4-14(12)19/h1-7,9,21H,8H2. The Morgan fingerprint density at radius 1 is 1.08 bits per heavy atom. The molecule has 0 fully saturated rings. The largest absolute Gasteiger partial charge is 0.379 e. The van der Waals surface area contributed by atoms with Crippen molar-refractivity contribution < 1.29 is 4.79 Å². The van der Waals surface area contributed by atoms with Crippen LogP contribution in [0.5, 0.6) is 0 Å². The Morgan fingerprint density at radius 2 is 1.88 bits per heavy atom. The van der Waals surface area contributed by atoms with Crippen molar-refractivity contribution in [3.05, 3.63) is 79.2 Å². The molecule has 0 spiro atoms. The lowest BCUT2D eigenvalue weighted by Crippen LogP contribution is -2.08.